The van der Waals surface area contributed by atoms with E-state index in [-0.39, 0.29) is 5.43 Å². The zero-order valence-corrected chi connectivity index (χ0v) is 15.5. The monoisotopic (exact) mass is 366 g/mol. The van der Waals surface area contributed by atoms with Gasteiger partial charge in [-0.3, -0.25) is 4.79 Å². The minimum atomic E-state index is -0.0290. The van der Waals surface area contributed by atoms with Crippen molar-refractivity contribution in [1.82, 2.24) is 4.98 Å². The average molecular weight is 366 g/mol. The van der Waals surface area contributed by atoms with Crippen molar-refractivity contribution in [3.05, 3.63) is 52.7 Å². The Balaban J connectivity index is 1.80. The average Bonchev–Trinajstić information content (AvgIpc) is 2.73. The summed E-state index contributed by atoms with van der Waals surface area (Å²) in [6, 6.07) is 13.2. The van der Waals surface area contributed by atoms with Crippen molar-refractivity contribution >= 4 is 16.6 Å². The van der Waals surface area contributed by atoms with E-state index in [1.807, 2.05) is 36.4 Å². The van der Waals surface area contributed by atoms with Crippen LogP contribution in [0.4, 0.5) is 5.69 Å². The van der Waals surface area contributed by atoms with Crippen LogP contribution < -0.4 is 19.8 Å². The summed E-state index contributed by atoms with van der Waals surface area (Å²) in [7, 11) is 3.19. The van der Waals surface area contributed by atoms with Crippen molar-refractivity contribution in [1.29, 1.82) is 0 Å². The van der Waals surface area contributed by atoms with Gasteiger partial charge in [-0.15, -0.1) is 0 Å². The number of morpholine rings is 1. The molecule has 1 fully saturated rings. The van der Waals surface area contributed by atoms with Gasteiger partial charge >= 0.3 is 0 Å². The Morgan fingerprint density at radius 2 is 1.85 bits per heavy atom. The van der Waals surface area contributed by atoms with Gasteiger partial charge in [0.2, 0.25) is 0 Å². The normalized spacial score (nSPS) is 14.4. The zero-order chi connectivity index (χ0) is 18.8. The summed E-state index contributed by atoms with van der Waals surface area (Å²) in [6.07, 6.45) is 0. The Kier molecular flexibility index (Phi) is 4.73. The molecule has 2 heterocycles. The number of nitrogens with zero attached hydrogens (tertiary/aromatic N) is 1. The van der Waals surface area contributed by atoms with Crippen LogP contribution in [0.3, 0.4) is 0 Å². The largest absolute Gasteiger partial charge is 0.493 e. The lowest BCUT2D eigenvalue weighted by molar-refractivity contribution is 0.122. The third kappa shape index (κ3) is 3.24. The van der Waals surface area contributed by atoms with Gasteiger partial charge in [0.05, 0.1) is 33.1 Å². The molecule has 0 atom stereocenters. The fourth-order valence-corrected chi connectivity index (χ4v) is 3.50. The van der Waals surface area contributed by atoms with Crippen LogP contribution in [0.15, 0.2) is 47.3 Å². The summed E-state index contributed by atoms with van der Waals surface area (Å²) in [6.45, 7) is 3.09. The third-order valence-corrected chi connectivity index (χ3v) is 4.88. The van der Waals surface area contributed by atoms with E-state index in [4.69, 9.17) is 14.2 Å². The molecule has 0 radical (unpaired) electrons. The Hall–Kier alpha value is -2.99. The van der Waals surface area contributed by atoms with Crippen molar-refractivity contribution in [2.75, 3.05) is 45.4 Å². The van der Waals surface area contributed by atoms with E-state index in [9.17, 15) is 4.79 Å². The SMILES string of the molecule is COc1cccc(-c2cc(=O)c3cc(N4CCOCC4)ccc3[nH]2)c1OC. The van der Waals surface area contributed by atoms with Gasteiger partial charge in [0.1, 0.15) is 0 Å². The number of anilines is 1. The molecule has 3 aromatic rings. The second kappa shape index (κ2) is 7.32. The molecule has 0 amide bonds. The molecule has 140 valence electrons. The molecule has 2 aromatic carbocycles. The van der Waals surface area contributed by atoms with Gasteiger partial charge < -0.3 is 24.1 Å². The number of aromatic nitrogens is 1. The number of fused-ring (bicyclic) bond motifs is 1. The summed E-state index contributed by atoms with van der Waals surface area (Å²) in [5, 5.41) is 0.671. The number of rotatable bonds is 4. The number of ether oxygens (including phenoxy) is 3. The molecule has 1 saturated heterocycles. The second-order valence-corrected chi connectivity index (χ2v) is 6.42. The van der Waals surface area contributed by atoms with Gasteiger partial charge in [-0.25, -0.2) is 0 Å². The Morgan fingerprint density at radius 3 is 2.59 bits per heavy atom. The first kappa shape index (κ1) is 17.4. The fraction of sp³-hybridized carbons (Fsp3) is 0.286. The van der Waals surface area contributed by atoms with Gasteiger partial charge in [0.25, 0.3) is 0 Å². The summed E-state index contributed by atoms with van der Waals surface area (Å²) in [4.78, 5) is 18.4. The molecule has 4 rings (SSSR count). The highest BCUT2D eigenvalue weighted by Crippen LogP contribution is 2.37. The predicted octanol–water partition coefficient (Wildman–Crippen LogP) is 3.05. The molecule has 1 N–H and O–H groups in total. The molecule has 27 heavy (non-hydrogen) atoms. The van der Waals surface area contributed by atoms with E-state index in [2.05, 4.69) is 9.88 Å². The van der Waals surface area contributed by atoms with Gasteiger partial charge in [0.15, 0.2) is 16.9 Å². The van der Waals surface area contributed by atoms with Crippen LogP contribution in [0.1, 0.15) is 0 Å². The number of para-hydroxylation sites is 1. The number of nitrogens with one attached hydrogen (secondary N) is 1. The Labute approximate surface area is 157 Å². The first-order valence-electron chi connectivity index (χ1n) is 8.92. The van der Waals surface area contributed by atoms with Gasteiger partial charge in [0, 0.05) is 41.3 Å². The summed E-state index contributed by atoms with van der Waals surface area (Å²) in [5.41, 5.74) is 3.29. The zero-order valence-electron chi connectivity index (χ0n) is 15.5. The molecule has 1 aliphatic heterocycles. The quantitative estimate of drug-likeness (QED) is 0.769. The first-order chi connectivity index (χ1) is 13.2. The molecule has 1 aliphatic rings. The Bertz CT molecular complexity index is 1020. The van der Waals surface area contributed by atoms with Gasteiger partial charge in [-0.1, -0.05) is 6.07 Å². The Morgan fingerprint density at radius 1 is 1.04 bits per heavy atom. The van der Waals surface area contributed by atoms with Crippen molar-refractivity contribution in [2.45, 2.75) is 0 Å². The first-order valence-corrected chi connectivity index (χ1v) is 8.92. The smallest absolute Gasteiger partial charge is 0.190 e. The lowest BCUT2D eigenvalue weighted by atomic mass is 10.1. The maximum atomic E-state index is 12.8. The number of methoxy groups -OCH3 is 2. The van der Waals surface area contributed by atoms with E-state index < -0.39 is 0 Å². The molecule has 1 aromatic heterocycles. The molecule has 0 saturated carbocycles. The van der Waals surface area contributed by atoms with E-state index in [0.29, 0.717) is 35.8 Å². The molecule has 6 nitrogen and oxygen atoms in total. The predicted molar refractivity (Wildman–Crippen MR) is 106 cm³/mol. The van der Waals surface area contributed by atoms with E-state index in [1.165, 1.54) is 0 Å². The van der Waals surface area contributed by atoms with Gasteiger partial charge in [-0.05, 0) is 30.3 Å². The van der Waals surface area contributed by atoms with Crippen LogP contribution in [0, 0.1) is 0 Å². The van der Waals surface area contributed by atoms with Crippen LogP contribution in [-0.2, 0) is 4.74 Å². The maximum absolute atomic E-state index is 12.8. The van der Waals surface area contributed by atoms with Gasteiger partial charge in [-0.2, -0.15) is 0 Å². The second-order valence-electron chi connectivity index (χ2n) is 6.42. The summed E-state index contributed by atoms with van der Waals surface area (Å²) in [5.74, 6) is 1.22. The summed E-state index contributed by atoms with van der Waals surface area (Å²) >= 11 is 0. The van der Waals surface area contributed by atoms with Crippen LogP contribution in [-0.4, -0.2) is 45.5 Å². The maximum Gasteiger partial charge on any atom is 0.190 e. The minimum Gasteiger partial charge on any atom is -0.493 e. The number of H-pyrrole nitrogens is 1. The fourth-order valence-electron chi connectivity index (χ4n) is 3.50. The number of aromatic amines is 1. The van der Waals surface area contributed by atoms with Crippen molar-refractivity contribution < 1.29 is 14.2 Å². The molecular formula is C21H22N2O4. The molecular weight excluding hydrogens is 344 g/mol. The topological polar surface area (TPSA) is 63.8 Å². The summed E-state index contributed by atoms with van der Waals surface area (Å²) < 4.78 is 16.3. The molecule has 0 bridgehead atoms. The third-order valence-electron chi connectivity index (χ3n) is 4.88. The molecule has 0 aliphatic carbocycles. The number of hydrogen-bond donors (Lipinski definition) is 1. The highest BCUT2D eigenvalue weighted by molar-refractivity contribution is 5.85. The number of benzene rings is 2. The van der Waals surface area contributed by atoms with E-state index in [0.717, 1.165) is 29.9 Å². The minimum absolute atomic E-state index is 0.0290. The van der Waals surface area contributed by atoms with Crippen molar-refractivity contribution in [3.8, 4) is 22.8 Å². The van der Waals surface area contributed by atoms with Crippen molar-refractivity contribution in [2.24, 2.45) is 0 Å². The van der Waals surface area contributed by atoms with Crippen LogP contribution in [0.2, 0.25) is 0 Å². The van der Waals surface area contributed by atoms with E-state index in [1.54, 1.807) is 20.3 Å². The molecule has 0 spiro atoms. The molecule has 6 heteroatoms. The van der Waals surface area contributed by atoms with Crippen molar-refractivity contribution in [3.63, 3.8) is 0 Å². The molecule has 0 unspecified atom stereocenters. The standard InChI is InChI=1S/C21H22N2O4/c1-25-20-5-3-4-15(21(20)26-2)18-13-19(24)16-12-14(6-7-17(16)22-18)23-8-10-27-11-9-23/h3-7,12-13H,8-11H2,1-2H3,(H,22,24). The number of pyridine rings is 1. The van der Waals surface area contributed by atoms with E-state index >= 15 is 0 Å². The highest BCUT2D eigenvalue weighted by atomic mass is 16.5. The number of hydrogen-bond acceptors (Lipinski definition) is 5. The lowest BCUT2D eigenvalue weighted by Crippen LogP contribution is -2.36. The lowest BCUT2D eigenvalue weighted by Gasteiger charge is -2.29. The van der Waals surface area contributed by atoms with Crippen LogP contribution >= 0.6 is 0 Å². The van der Waals surface area contributed by atoms with Crippen LogP contribution in [0.5, 0.6) is 11.5 Å². The van der Waals surface area contributed by atoms with Crippen LogP contribution in [0.25, 0.3) is 22.2 Å². The highest BCUT2D eigenvalue weighted by Gasteiger charge is 2.15.